The Labute approximate surface area is 173 Å². The molecule has 2 N–H and O–H groups in total. The summed E-state index contributed by atoms with van der Waals surface area (Å²) < 4.78 is 11.8. The van der Waals surface area contributed by atoms with Crippen LogP contribution in [0.5, 0.6) is 0 Å². The lowest BCUT2D eigenvalue weighted by atomic mass is 9.85. The van der Waals surface area contributed by atoms with E-state index in [9.17, 15) is 20.0 Å². The molecular formula is C22H24N2O6. The molecule has 0 radical (unpaired) electrons. The molecule has 0 saturated carbocycles. The lowest BCUT2D eigenvalue weighted by Crippen LogP contribution is -2.62. The van der Waals surface area contributed by atoms with Gasteiger partial charge in [0.15, 0.2) is 6.04 Å². The van der Waals surface area contributed by atoms with Gasteiger partial charge in [-0.05, 0) is 41.2 Å². The molecule has 1 spiro atoms. The van der Waals surface area contributed by atoms with Crippen LogP contribution in [-0.2, 0) is 34.7 Å². The third-order valence-electron chi connectivity index (χ3n) is 5.97. The summed E-state index contributed by atoms with van der Waals surface area (Å²) >= 11 is 0. The van der Waals surface area contributed by atoms with Gasteiger partial charge in [-0.2, -0.15) is 9.81 Å². The predicted molar refractivity (Wildman–Crippen MR) is 109 cm³/mol. The third kappa shape index (κ3) is 3.45. The molecule has 1 saturated heterocycles. The molecule has 30 heavy (non-hydrogen) atoms. The summed E-state index contributed by atoms with van der Waals surface area (Å²) in [5.41, 5.74) is 4.75. The highest BCUT2D eigenvalue weighted by atomic mass is 16.7. The predicted octanol–water partition coefficient (Wildman–Crippen LogP) is 2.54. The van der Waals surface area contributed by atoms with Crippen molar-refractivity contribution < 1.29 is 19.7 Å². The summed E-state index contributed by atoms with van der Waals surface area (Å²) in [4.78, 5) is 22.4. The van der Waals surface area contributed by atoms with E-state index in [1.165, 1.54) is 5.56 Å². The van der Waals surface area contributed by atoms with Crippen molar-refractivity contribution >= 4 is 0 Å². The van der Waals surface area contributed by atoms with E-state index in [0.29, 0.717) is 12.0 Å². The van der Waals surface area contributed by atoms with Gasteiger partial charge in [0.1, 0.15) is 24.9 Å². The highest BCUT2D eigenvalue weighted by Crippen LogP contribution is 2.47. The van der Waals surface area contributed by atoms with Crippen LogP contribution < -0.4 is 0 Å². The van der Waals surface area contributed by atoms with Crippen LogP contribution in [0.3, 0.4) is 0 Å². The van der Waals surface area contributed by atoms with Gasteiger partial charge in [-0.1, -0.05) is 53.7 Å². The van der Waals surface area contributed by atoms with E-state index in [2.05, 4.69) is 41.5 Å². The second-order valence-electron chi connectivity index (χ2n) is 7.79. The Hall–Kier alpha value is -2.52. The molecule has 0 amide bonds. The minimum atomic E-state index is -1.66. The first-order chi connectivity index (χ1) is 14.5. The lowest BCUT2D eigenvalue weighted by molar-refractivity contribution is -0.329. The number of aryl methyl sites for hydroxylation is 1. The van der Waals surface area contributed by atoms with Crippen molar-refractivity contribution in [1.29, 1.82) is 0 Å². The monoisotopic (exact) mass is 412 g/mol. The molecule has 5 unspecified atom stereocenters. The average Bonchev–Trinajstić information content (AvgIpc) is 3.11. The molecule has 2 aliphatic heterocycles. The average molecular weight is 412 g/mol. The van der Waals surface area contributed by atoms with Crippen LogP contribution in [0, 0.1) is 9.81 Å². The van der Waals surface area contributed by atoms with E-state index in [1.807, 2.05) is 18.2 Å². The van der Waals surface area contributed by atoms with Gasteiger partial charge in [0, 0.05) is 5.56 Å². The Morgan fingerprint density at radius 2 is 1.73 bits per heavy atom. The van der Waals surface area contributed by atoms with Crippen LogP contribution in [-0.4, -0.2) is 41.1 Å². The van der Waals surface area contributed by atoms with E-state index >= 15 is 0 Å². The Bertz CT molecular complexity index is 932. The SMILES string of the molecule is CCc1ccc(Cc2ccc3c(c2)C2(OC3)OC(CN=O)C(O)C(O)C2N=O)cc1. The van der Waals surface area contributed by atoms with E-state index in [4.69, 9.17) is 9.47 Å². The molecule has 4 rings (SSSR count). The fourth-order valence-corrected chi connectivity index (χ4v) is 4.26. The maximum atomic E-state index is 11.6. The molecular weight excluding hydrogens is 388 g/mol. The summed E-state index contributed by atoms with van der Waals surface area (Å²) in [5.74, 6) is -1.66. The van der Waals surface area contributed by atoms with Gasteiger partial charge < -0.3 is 19.7 Å². The van der Waals surface area contributed by atoms with Crippen LogP contribution >= 0.6 is 0 Å². The second kappa shape index (κ2) is 8.31. The van der Waals surface area contributed by atoms with Gasteiger partial charge in [0.05, 0.1) is 6.61 Å². The van der Waals surface area contributed by atoms with Gasteiger partial charge in [-0.15, -0.1) is 0 Å². The summed E-state index contributed by atoms with van der Waals surface area (Å²) in [6.45, 7) is 1.89. The lowest BCUT2D eigenvalue weighted by Gasteiger charge is -2.45. The number of rotatable bonds is 6. The first-order valence-corrected chi connectivity index (χ1v) is 10.0. The van der Waals surface area contributed by atoms with E-state index < -0.39 is 30.1 Å². The zero-order valence-electron chi connectivity index (χ0n) is 16.6. The molecule has 1 fully saturated rings. The molecule has 0 aromatic heterocycles. The van der Waals surface area contributed by atoms with Crippen LogP contribution in [0.25, 0.3) is 0 Å². The summed E-state index contributed by atoms with van der Waals surface area (Å²) in [5, 5.41) is 26.5. The number of nitrogens with zero attached hydrogens (tertiary/aromatic N) is 2. The van der Waals surface area contributed by atoms with E-state index in [-0.39, 0.29) is 13.2 Å². The standard InChI is InChI=1S/C22H24N2O6/c1-2-13-3-5-14(6-4-13)9-15-7-8-16-12-29-22(17(16)10-15)21(24-28)20(26)19(25)18(30-22)11-23-27/h3-8,10,18-21,25-26H,2,9,11-12H2,1H3. The Balaban J connectivity index is 1.69. The first kappa shape index (κ1) is 20.7. The molecule has 0 bridgehead atoms. The first-order valence-electron chi connectivity index (χ1n) is 10.0. The number of nitroso groups, excluding NO2 is 2. The number of benzene rings is 2. The smallest absolute Gasteiger partial charge is 0.225 e. The topological polar surface area (TPSA) is 118 Å². The number of fused-ring (bicyclic) bond motifs is 2. The minimum Gasteiger partial charge on any atom is -0.388 e. The quantitative estimate of drug-likeness (QED) is 0.704. The maximum absolute atomic E-state index is 11.6. The van der Waals surface area contributed by atoms with Crippen LogP contribution in [0.1, 0.15) is 34.7 Å². The molecule has 2 aromatic rings. The summed E-state index contributed by atoms with van der Waals surface area (Å²) in [6.07, 6.45) is -2.48. The minimum absolute atomic E-state index is 0.164. The van der Waals surface area contributed by atoms with Crippen molar-refractivity contribution in [2.45, 2.75) is 56.5 Å². The van der Waals surface area contributed by atoms with Crippen molar-refractivity contribution in [2.75, 3.05) is 6.54 Å². The summed E-state index contributed by atoms with van der Waals surface area (Å²) in [7, 11) is 0. The zero-order chi connectivity index (χ0) is 21.3. The third-order valence-corrected chi connectivity index (χ3v) is 5.97. The molecule has 0 aliphatic carbocycles. The molecule has 158 valence electrons. The van der Waals surface area contributed by atoms with Crippen LogP contribution in [0.2, 0.25) is 0 Å². The fraction of sp³-hybridized carbons (Fsp3) is 0.455. The van der Waals surface area contributed by atoms with Gasteiger partial charge in [-0.3, -0.25) is 0 Å². The normalized spacial score (nSPS) is 30.2. The van der Waals surface area contributed by atoms with Crippen LogP contribution in [0.15, 0.2) is 52.8 Å². The number of hydrogen-bond donors (Lipinski definition) is 2. The maximum Gasteiger partial charge on any atom is 0.225 e. The number of aliphatic hydroxyl groups is 2. The zero-order valence-corrected chi connectivity index (χ0v) is 16.6. The molecule has 5 atom stereocenters. The van der Waals surface area contributed by atoms with Gasteiger partial charge in [0.25, 0.3) is 0 Å². The van der Waals surface area contributed by atoms with Crippen molar-refractivity contribution in [3.8, 4) is 0 Å². The van der Waals surface area contributed by atoms with E-state index in [0.717, 1.165) is 23.1 Å². The van der Waals surface area contributed by atoms with Crippen LogP contribution in [0.4, 0.5) is 0 Å². The Morgan fingerprint density at radius 3 is 2.40 bits per heavy atom. The highest BCUT2D eigenvalue weighted by Gasteiger charge is 2.60. The molecule has 2 heterocycles. The fourth-order valence-electron chi connectivity index (χ4n) is 4.26. The molecule has 8 heteroatoms. The number of aliphatic hydroxyl groups excluding tert-OH is 2. The van der Waals surface area contributed by atoms with Gasteiger partial charge in [-0.25, -0.2) is 0 Å². The molecule has 2 aromatic carbocycles. The van der Waals surface area contributed by atoms with Gasteiger partial charge in [0.2, 0.25) is 5.79 Å². The Morgan fingerprint density at radius 1 is 1.03 bits per heavy atom. The molecule has 8 nitrogen and oxygen atoms in total. The largest absolute Gasteiger partial charge is 0.388 e. The second-order valence-corrected chi connectivity index (χ2v) is 7.79. The van der Waals surface area contributed by atoms with E-state index in [1.54, 1.807) is 0 Å². The Kier molecular flexibility index (Phi) is 5.75. The van der Waals surface area contributed by atoms with Crippen molar-refractivity contribution in [3.63, 3.8) is 0 Å². The van der Waals surface area contributed by atoms with Crippen molar-refractivity contribution in [2.24, 2.45) is 10.4 Å². The number of ether oxygens (including phenoxy) is 2. The number of hydrogen-bond acceptors (Lipinski definition) is 8. The highest BCUT2D eigenvalue weighted by molar-refractivity contribution is 5.41. The van der Waals surface area contributed by atoms with Gasteiger partial charge >= 0.3 is 0 Å². The molecule has 2 aliphatic rings. The van der Waals surface area contributed by atoms with Crippen molar-refractivity contribution in [1.82, 2.24) is 0 Å². The van der Waals surface area contributed by atoms with Crippen molar-refractivity contribution in [3.05, 3.63) is 80.1 Å². The summed E-state index contributed by atoms with van der Waals surface area (Å²) in [6, 6.07) is 12.7.